The minimum Gasteiger partial charge on any atom is -0.507 e. The molecule has 4 bridgehead atoms. The Labute approximate surface area is 169 Å². The van der Waals surface area contributed by atoms with Gasteiger partial charge in [-0.05, 0) is 79.5 Å². The minimum atomic E-state index is -0.495. The third-order valence-corrected chi connectivity index (χ3v) is 7.08. The van der Waals surface area contributed by atoms with Crippen molar-refractivity contribution in [3.63, 3.8) is 0 Å². The summed E-state index contributed by atoms with van der Waals surface area (Å²) in [7, 11) is 0. The topological polar surface area (TPSA) is 96.0 Å². The van der Waals surface area contributed by atoms with Gasteiger partial charge in [0, 0.05) is 23.9 Å². The lowest BCUT2D eigenvalue weighted by atomic mass is 9.46. The molecule has 2 aromatic rings. The molecule has 4 aliphatic carbocycles. The van der Waals surface area contributed by atoms with Gasteiger partial charge in [-0.15, -0.1) is 0 Å². The molecule has 4 fully saturated rings. The van der Waals surface area contributed by atoms with E-state index >= 15 is 0 Å². The zero-order valence-corrected chi connectivity index (χ0v) is 16.1. The Hall–Kier alpha value is -2.73. The second kappa shape index (κ2) is 6.39. The number of nitro benzene ring substituents is 1. The van der Waals surface area contributed by atoms with Gasteiger partial charge in [0.15, 0.2) is 0 Å². The zero-order valence-electron chi connectivity index (χ0n) is 16.1. The van der Waals surface area contributed by atoms with Gasteiger partial charge >= 0.3 is 0 Å². The van der Waals surface area contributed by atoms with Crippen LogP contribution in [0, 0.1) is 22.0 Å². The number of nitro groups is 1. The number of benzene rings is 2. The van der Waals surface area contributed by atoms with Crippen molar-refractivity contribution in [2.45, 2.75) is 49.5 Å². The van der Waals surface area contributed by atoms with Gasteiger partial charge in [-0.2, -0.15) is 0 Å². The Bertz CT molecular complexity index is 984. The lowest BCUT2D eigenvalue weighted by Gasteiger charge is -2.60. The van der Waals surface area contributed by atoms with Crippen molar-refractivity contribution in [3.05, 3.63) is 63.7 Å². The van der Waals surface area contributed by atoms with Gasteiger partial charge in [0.2, 0.25) is 0 Å². The Morgan fingerprint density at radius 2 is 1.76 bits per heavy atom. The number of non-ortho nitro benzene ring substituents is 1. The monoisotopic (exact) mass is 392 g/mol. The van der Waals surface area contributed by atoms with Gasteiger partial charge in [-0.1, -0.05) is 12.1 Å². The van der Waals surface area contributed by atoms with Crippen LogP contribution in [0.3, 0.4) is 0 Å². The summed E-state index contributed by atoms with van der Waals surface area (Å²) in [5.74, 6) is 1.23. The van der Waals surface area contributed by atoms with E-state index in [0.717, 1.165) is 37.8 Å². The Morgan fingerprint density at radius 1 is 1.07 bits per heavy atom. The first kappa shape index (κ1) is 18.3. The molecule has 0 heterocycles. The molecule has 2 aromatic carbocycles. The van der Waals surface area contributed by atoms with Gasteiger partial charge in [0.1, 0.15) is 5.75 Å². The molecule has 2 N–H and O–H groups in total. The van der Waals surface area contributed by atoms with Gasteiger partial charge in [-0.25, -0.2) is 0 Å². The third-order valence-electron chi connectivity index (χ3n) is 7.08. The van der Waals surface area contributed by atoms with E-state index < -0.39 is 10.5 Å². The van der Waals surface area contributed by atoms with Crippen LogP contribution >= 0.6 is 0 Å². The minimum absolute atomic E-state index is 0.0437. The molecule has 6 nitrogen and oxygen atoms in total. The maximum absolute atomic E-state index is 11.0. The number of aliphatic imine (C=N–C) groups is 1. The summed E-state index contributed by atoms with van der Waals surface area (Å²) in [4.78, 5) is 14.8. The normalized spacial score (nSPS) is 32.7. The van der Waals surface area contributed by atoms with Crippen LogP contribution in [0.5, 0.6) is 5.75 Å². The van der Waals surface area contributed by atoms with Crippen LogP contribution in [0.25, 0.3) is 0 Å². The Kier molecular flexibility index (Phi) is 4.03. The number of phenolic OH excluding ortho intramolecular Hbond substituents is 1. The number of phenols is 1. The molecule has 0 aromatic heterocycles. The summed E-state index contributed by atoms with van der Waals surface area (Å²) >= 11 is 0. The molecule has 0 amide bonds. The Morgan fingerprint density at radius 3 is 2.38 bits per heavy atom. The molecule has 2 atom stereocenters. The molecular formula is C23H24N2O4. The zero-order chi connectivity index (χ0) is 20.2. The molecule has 6 rings (SSSR count). The number of rotatable bonds is 4. The van der Waals surface area contributed by atoms with E-state index in [2.05, 4.69) is 17.1 Å². The molecule has 150 valence electrons. The molecule has 0 spiro atoms. The predicted molar refractivity (Wildman–Crippen MR) is 110 cm³/mol. The molecule has 0 aliphatic heterocycles. The fourth-order valence-corrected chi connectivity index (χ4v) is 6.36. The van der Waals surface area contributed by atoms with Crippen molar-refractivity contribution >= 4 is 17.6 Å². The van der Waals surface area contributed by atoms with Gasteiger partial charge in [0.25, 0.3) is 5.69 Å². The van der Waals surface area contributed by atoms with Crippen LogP contribution in [0.1, 0.15) is 49.7 Å². The highest BCUT2D eigenvalue weighted by Gasteiger charge is 2.57. The molecule has 4 aliphatic rings. The summed E-state index contributed by atoms with van der Waals surface area (Å²) < 4.78 is 0. The summed E-state index contributed by atoms with van der Waals surface area (Å²) in [6.07, 6.45) is 7.81. The highest BCUT2D eigenvalue weighted by atomic mass is 16.6. The fraction of sp³-hybridized carbons (Fsp3) is 0.435. The number of aliphatic hydroxyl groups is 1. The van der Waals surface area contributed by atoms with Gasteiger partial charge < -0.3 is 10.2 Å². The van der Waals surface area contributed by atoms with Crippen molar-refractivity contribution < 1.29 is 15.1 Å². The molecule has 6 heteroatoms. The SMILES string of the molecule is O=[N+]([O-])c1ccc(O)c(C=Nc2ccc(C34C[C@H]5C[C@@H](CC(O)(C5)C3)C4)cc2)c1. The summed E-state index contributed by atoms with van der Waals surface area (Å²) in [5, 5.41) is 31.8. The summed E-state index contributed by atoms with van der Waals surface area (Å²) in [5.41, 5.74) is 1.83. The van der Waals surface area contributed by atoms with Crippen molar-refractivity contribution in [1.29, 1.82) is 0 Å². The van der Waals surface area contributed by atoms with E-state index in [1.165, 1.54) is 36.4 Å². The van der Waals surface area contributed by atoms with Crippen molar-refractivity contribution in [1.82, 2.24) is 0 Å². The Balaban J connectivity index is 1.38. The second-order valence-corrected chi connectivity index (χ2v) is 9.27. The molecule has 0 radical (unpaired) electrons. The van der Waals surface area contributed by atoms with E-state index in [4.69, 9.17) is 0 Å². The average Bonchev–Trinajstić information content (AvgIpc) is 2.65. The third kappa shape index (κ3) is 3.21. The van der Waals surface area contributed by atoms with E-state index in [9.17, 15) is 20.3 Å². The van der Waals surface area contributed by atoms with E-state index in [0.29, 0.717) is 17.4 Å². The van der Waals surface area contributed by atoms with Crippen LogP contribution in [-0.4, -0.2) is 27.0 Å². The maximum atomic E-state index is 11.0. The first-order valence-corrected chi connectivity index (χ1v) is 10.2. The predicted octanol–water partition coefficient (Wildman–Crippen LogP) is 4.63. The number of aromatic hydroxyl groups is 1. The first-order chi connectivity index (χ1) is 13.8. The average molecular weight is 392 g/mol. The summed E-state index contributed by atoms with van der Waals surface area (Å²) in [6.45, 7) is 0. The molecule has 4 saturated carbocycles. The van der Waals surface area contributed by atoms with Crippen molar-refractivity contribution in [2.24, 2.45) is 16.8 Å². The second-order valence-electron chi connectivity index (χ2n) is 9.27. The van der Waals surface area contributed by atoms with E-state index in [-0.39, 0.29) is 16.9 Å². The van der Waals surface area contributed by atoms with E-state index in [1.54, 1.807) is 0 Å². The molecule has 0 saturated heterocycles. The molecule has 0 unspecified atom stereocenters. The maximum Gasteiger partial charge on any atom is 0.270 e. The number of hydrogen-bond donors (Lipinski definition) is 2. The highest BCUT2D eigenvalue weighted by Crippen LogP contribution is 2.62. The molecule has 29 heavy (non-hydrogen) atoms. The number of hydrogen-bond acceptors (Lipinski definition) is 5. The van der Waals surface area contributed by atoms with Gasteiger partial charge in [-0.3, -0.25) is 15.1 Å². The smallest absolute Gasteiger partial charge is 0.270 e. The van der Waals surface area contributed by atoms with Crippen LogP contribution < -0.4 is 0 Å². The van der Waals surface area contributed by atoms with Crippen LogP contribution in [0.2, 0.25) is 0 Å². The summed E-state index contributed by atoms with van der Waals surface area (Å²) in [6, 6.07) is 12.0. The molecular weight excluding hydrogens is 368 g/mol. The highest BCUT2D eigenvalue weighted by molar-refractivity contribution is 5.86. The lowest BCUT2D eigenvalue weighted by molar-refractivity contribution is -0.384. The van der Waals surface area contributed by atoms with Gasteiger partial charge in [0.05, 0.1) is 16.2 Å². The van der Waals surface area contributed by atoms with Crippen LogP contribution in [0.4, 0.5) is 11.4 Å². The van der Waals surface area contributed by atoms with E-state index in [1.807, 2.05) is 12.1 Å². The lowest BCUT2D eigenvalue weighted by Crippen LogP contribution is -2.57. The van der Waals surface area contributed by atoms with Crippen molar-refractivity contribution in [3.8, 4) is 5.75 Å². The largest absolute Gasteiger partial charge is 0.507 e. The fourth-order valence-electron chi connectivity index (χ4n) is 6.36. The number of nitrogens with zero attached hydrogens (tertiary/aromatic N) is 2. The quantitative estimate of drug-likeness (QED) is 0.450. The standard InChI is InChI=1S/C23H24N2O4/c26-21-6-5-20(25(28)29)8-17(21)13-24-19-3-1-18(2-4-19)22-9-15-7-16(10-22)12-23(27,11-15)14-22/h1-6,8,13,15-16,26-27H,7,9-12,14H2/t15-,16-,22?,23?/m1/s1. The first-order valence-electron chi connectivity index (χ1n) is 10.2. The van der Waals surface area contributed by atoms with Crippen LogP contribution in [0.15, 0.2) is 47.5 Å². The van der Waals surface area contributed by atoms with Crippen LogP contribution in [-0.2, 0) is 5.41 Å². The van der Waals surface area contributed by atoms with Crippen molar-refractivity contribution in [2.75, 3.05) is 0 Å².